The number of H-pyrrole nitrogens is 1. The number of para-hydroxylation sites is 2. The van der Waals surface area contributed by atoms with Crippen LogP contribution in [0.5, 0.6) is 0 Å². The average Bonchev–Trinajstić information content (AvgIpc) is 2.90. The van der Waals surface area contributed by atoms with Crippen molar-refractivity contribution < 1.29 is 4.79 Å². The number of fused-ring (bicyclic) bond motifs is 1. The van der Waals surface area contributed by atoms with E-state index in [0.717, 1.165) is 25.0 Å². The standard InChI is InChI=1S/C18H24N4O2/c1-18(9-10-22(2)12-18)11-19-16(23)8-7-15-17(24)21-14-6-4-3-5-13(14)20-15/h3-6H,7-12H2,1-2H3,(H,19,23)(H,21,24)/t18-/m1/s1. The lowest BCUT2D eigenvalue weighted by Gasteiger charge is -2.24. The molecular weight excluding hydrogens is 304 g/mol. The summed E-state index contributed by atoms with van der Waals surface area (Å²) in [6, 6.07) is 7.41. The molecule has 1 aromatic carbocycles. The van der Waals surface area contributed by atoms with E-state index >= 15 is 0 Å². The van der Waals surface area contributed by atoms with Crippen LogP contribution in [-0.4, -0.2) is 47.5 Å². The van der Waals surface area contributed by atoms with Crippen molar-refractivity contribution in [2.75, 3.05) is 26.7 Å². The molecule has 0 saturated carbocycles. The fourth-order valence-corrected chi connectivity index (χ4v) is 3.28. The molecule has 24 heavy (non-hydrogen) atoms. The molecule has 0 radical (unpaired) electrons. The van der Waals surface area contributed by atoms with Crippen LogP contribution in [0, 0.1) is 5.41 Å². The first-order valence-electron chi connectivity index (χ1n) is 8.38. The molecule has 6 heteroatoms. The number of likely N-dealkylation sites (tertiary alicyclic amines) is 1. The van der Waals surface area contributed by atoms with Gasteiger partial charge in [-0.05, 0) is 37.6 Å². The Bertz CT molecular complexity index is 801. The van der Waals surface area contributed by atoms with Gasteiger partial charge < -0.3 is 15.2 Å². The highest BCUT2D eigenvalue weighted by atomic mass is 16.1. The van der Waals surface area contributed by atoms with Crippen LogP contribution in [0.15, 0.2) is 29.1 Å². The van der Waals surface area contributed by atoms with Crippen molar-refractivity contribution in [3.63, 3.8) is 0 Å². The van der Waals surface area contributed by atoms with Crippen LogP contribution in [0.1, 0.15) is 25.5 Å². The molecule has 2 aromatic rings. The van der Waals surface area contributed by atoms with Crippen LogP contribution < -0.4 is 10.9 Å². The molecule has 2 N–H and O–H groups in total. The van der Waals surface area contributed by atoms with E-state index in [2.05, 4.69) is 34.2 Å². The number of nitrogens with one attached hydrogen (secondary N) is 2. The van der Waals surface area contributed by atoms with E-state index in [0.29, 0.717) is 24.2 Å². The van der Waals surface area contributed by atoms with E-state index in [9.17, 15) is 9.59 Å². The van der Waals surface area contributed by atoms with Crippen molar-refractivity contribution in [3.8, 4) is 0 Å². The molecule has 128 valence electrons. The van der Waals surface area contributed by atoms with E-state index in [1.54, 1.807) is 0 Å². The number of nitrogens with zero attached hydrogens (tertiary/aromatic N) is 2. The number of carbonyl (C=O) groups excluding carboxylic acids is 1. The SMILES string of the molecule is CN1CC[C@](C)(CNC(=O)CCc2nc3ccccc3[nH]c2=O)C1. The first-order valence-corrected chi connectivity index (χ1v) is 8.38. The van der Waals surface area contributed by atoms with Gasteiger partial charge in [-0.15, -0.1) is 0 Å². The highest BCUT2D eigenvalue weighted by molar-refractivity contribution is 5.76. The minimum atomic E-state index is -0.217. The maximum atomic E-state index is 12.1. The molecule has 1 aliphatic rings. The van der Waals surface area contributed by atoms with Gasteiger partial charge in [0.1, 0.15) is 5.69 Å². The second kappa shape index (κ2) is 6.73. The van der Waals surface area contributed by atoms with Gasteiger partial charge in [-0.1, -0.05) is 19.1 Å². The molecule has 1 amide bonds. The number of aromatic amines is 1. The molecule has 1 atom stereocenters. The van der Waals surface area contributed by atoms with Crippen molar-refractivity contribution in [1.82, 2.24) is 20.2 Å². The molecule has 1 saturated heterocycles. The van der Waals surface area contributed by atoms with Crippen molar-refractivity contribution in [2.24, 2.45) is 5.41 Å². The monoisotopic (exact) mass is 328 g/mol. The zero-order valence-electron chi connectivity index (χ0n) is 14.3. The molecule has 3 rings (SSSR count). The van der Waals surface area contributed by atoms with Crippen LogP contribution in [0.4, 0.5) is 0 Å². The summed E-state index contributed by atoms with van der Waals surface area (Å²) in [6.45, 7) is 4.95. The molecule has 0 unspecified atom stereocenters. The van der Waals surface area contributed by atoms with Gasteiger partial charge in [0.05, 0.1) is 11.0 Å². The number of benzene rings is 1. The summed E-state index contributed by atoms with van der Waals surface area (Å²) in [7, 11) is 2.10. The molecule has 2 heterocycles. The summed E-state index contributed by atoms with van der Waals surface area (Å²) < 4.78 is 0. The fourth-order valence-electron chi connectivity index (χ4n) is 3.28. The number of carbonyl (C=O) groups is 1. The first kappa shape index (κ1) is 16.6. The molecule has 6 nitrogen and oxygen atoms in total. The maximum Gasteiger partial charge on any atom is 0.270 e. The summed E-state index contributed by atoms with van der Waals surface area (Å²) >= 11 is 0. The third kappa shape index (κ3) is 3.82. The lowest BCUT2D eigenvalue weighted by atomic mass is 9.90. The van der Waals surface area contributed by atoms with Gasteiger partial charge in [0, 0.05) is 25.9 Å². The molecular formula is C18H24N4O2. The van der Waals surface area contributed by atoms with Crippen LogP contribution >= 0.6 is 0 Å². The number of aryl methyl sites for hydroxylation is 1. The minimum Gasteiger partial charge on any atom is -0.355 e. The summed E-state index contributed by atoms with van der Waals surface area (Å²) in [6.07, 6.45) is 1.72. The van der Waals surface area contributed by atoms with Crippen LogP contribution in [0.2, 0.25) is 0 Å². The van der Waals surface area contributed by atoms with Crippen LogP contribution in [-0.2, 0) is 11.2 Å². The zero-order chi connectivity index (χ0) is 17.2. The quantitative estimate of drug-likeness (QED) is 0.867. The minimum absolute atomic E-state index is 0.0277. The van der Waals surface area contributed by atoms with Gasteiger partial charge in [-0.3, -0.25) is 9.59 Å². The molecule has 0 spiro atoms. The number of hydrogen-bond donors (Lipinski definition) is 2. The predicted octanol–water partition coefficient (Wildman–Crippen LogP) is 1.31. The van der Waals surface area contributed by atoms with Crippen molar-refractivity contribution in [3.05, 3.63) is 40.3 Å². The van der Waals surface area contributed by atoms with E-state index in [-0.39, 0.29) is 23.3 Å². The summed E-state index contributed by atoms with van der Waals surface area (Å²) in [5, 5.41) is 3.01. The summed E-state index contributed by atoms with van der Waals surface area (Å²) in [5.74, 6) is -0.0277. The highest BCUT2D eigenvalue weighted by Gasteiger charge is 2.32. The molecule has 1 fully saturated rings. The third-order valence-electron chi connectivity index (χ3n) is 4.72. The average molecular weight is 328 g/mol. The van der Waals surface area contributed by atoms with Crippen molar-refractivity contribution >= 4 is 16.9 Å². The van der Waals surface area contributed by atoms with Gasteiger partial charge in [0.15, 0.2) is 0 Å². The maximum absolute atomic E-state index is 12.1. The van der Waals surface area contributed by atoms with Gasteiger partial charge in [-0.2, -0.15) is 0 Å². The second-order valence-electron chi connectivity index (χ2n) is 7.10. The normalized spacial score (nSPS) is 21.2. The Hall–Kier alpha value is -2.21. The van der Waals surface area contributed by atoms with E-state index in [1.807, 2.05) is 24.3 Å². The summed E-state index contributed by atoms with van der Waals surface area (Å²) in [5.41, 5.74) is 1.80. The number of hydrogen-bond acceptors (Lipinski definition) is 4. The third-order valence-corrected chi connectivity index (χ3v) is 4.72. The van der Waals surface area contributed by atoms with Gasteiger partial charge in [0.25, 0.3) is 5.56 Å². The number of amides is 1. The van der Waals surface area contributed by atoms with Crippen LogP contribution in [0.25, 0.3) is 11.0 Å². The van der Waals surface area contributed by atoms with E-state index in [4.69, 9.17) is 0 Å². The molecule has 0 aliphatic carbocycles. The van der Waals surface area contributed by atoms with Crippen molar-refractivity contribution in [1.29, 1.82) is 0 Å². The van der Waals surface area contributed by atoms with Gasteiger partial charge in [0.2, 0.25) is 5.91 Å². The Morgan fingerprint density at radius 1 is 1.42 bits per heavy atom. The second-order valence-corrected chi connectivity index (χ2v) is 7.10. The molecule has 0 bridgehead atoms. The number of aromatic nitrogens is 2. The first-order chi connectivity index (χ1) is 11.5. The van der Waals surface area contributed by atoms with E-state index < -0.39 is 0 Å². The summed E-state index contributed by atoms with van der Waals surface area (Å²) in [4.78, 5) is 33.6. The predicted molar refractivity (Wildman–Crippen MR) is 93.9 cm³/mol. The lowest BCUT2D eigenvalue weighted by Crippen LogP contribution is -2.37. The van der Waals surface area contributed by atoms with E-state index in [1.165, 1.54) is 0 Å². The Morgan fingerprint density at radius 3 is 2.96 bits per heavy atom. The zero-order valence-corrected chi connectivity index (χ0v) is 14.3. The Morgan fingerprint density at radius 2 is 2.21 bits per heavy atom. The topological polar surface area (TPSA) is 78.1 Å². The lowest BCUT2D eigenvalue weighted by molar-refractivity contribution is -0.121. The Kier molecular flexibility index (Phi) is 4.66. The Balaban J connectivity index is 1.56. The highest BCUT2D eigenvalue weighted by Crippen LogP contribution is 2.27. The molecule has 1 aromatic heterocycles. The largest absolute Gasteiger partial charge is 0.355 e. The fraction of sp³-hybridized carbons (Fsp3) is 0.500. The van der Waals surface area contributed by atoms with Crippen molar-refractivity contribution in [2.45, 2.75) is 26.2 Å². The number of rotatable bonds is 5. The van der Waals surface area contributed by atoms with Crippen LogP contribution in [0.3, 0.4) is 0 Å². The Labute approximate surface area is 141 Å². The van der Waals surface area contributed by atoms with Gasteiger partial charge in [-0.25, -0.2) is 4.98 Å². The van der Waals surface area contributed by atoms with Gasteiger partial charge >= 0.3 is 0 Å². The smallest absolute Gasteiger partial charge is 0.270 e. The molecule has 1 aliphatic heterocycles.